The van der Waals surface area contributed by atoms with E-state index in [9.17, 15) is 4.79 Å². The van der Waals surface area contributed by atoms with E-state index in [1.165, 1.54) is 11.9 Å². The third-order valence-electron chi connectivity index (χ3n) is 1.51. The van der Waals surface area contributed by atoms with Crippen LogP contribution >= 0.6 is 11.9 Å². The molecule has 1 aliphatic heterocycles. The fourth-order valence-electron chi connectivity index (χ4n) is 0.915. The molecule has 0 aromatic carbocycles. The van der Waals surface area contributed by atoms with Crippen LogP contribution in [-0.4, -0.2) is 22.9 Å². The van der Waals surface area contributed by atoms with E-state index >= 15 is 0 Å². The van der Waals surface area contributed by atoms with Gasteiger partial charge in [-0.25, -0.2) is 0 Å². The smallest absolute Gasteiger partial charge is 0.321 e. The van der Waals surface area contributed by atoms with Crippen molar-refractivity contribution in [1.29, 1.82) is 0 Å². The van der Waals surface area contributed by atoms with Crippen molar-refractivity contribution >= 4 is 17.9 Å². The number of carbonyl (C=O) groups is 1. The second kappa shape index (κ2) is 3.83. The number of aliphatic carboxylic acids is 1. The van der Waals surface area contributed by atoms with Crippen LogP contribution < -0.4 is 4.72 Å². The van der Waals surface area contributed by atoms with Gasteiger partial charge in [-0.1, -0.05) is 18.4 Å². The average Bonchev–Trinajstić information content (AvgIpc) is 2.12. The summed E-state index contributed by atoms with van der Waals surface area (Å²) in [6.45, 7) is 0. The Bertz CT molecular complexity index is 121. The van der Waals surface area contributed by atoms with E-state index in [0.29, 0.717) is 0 Å². The number of rotatable bonds is 1. The van der Waals surface area contributed by atoms with E-state index in [-0.39, 0.29) is 6.04 Å². The summed E-state index contributed by atoms with van der Waals surface area (Å²) < 4.78 is 2.90. The van der Waals surface area contributed by atoms with Crippen molar-refractivity contribution in [2.75, 3.05) is 5.75 Å². The van der Waals surface area contributed by atoms with E-state index in [0.717, 1.165) is 25.0 Å². The molecule has 0 spiro atoms. The molecule has 1 unspecified atom stereocenters. The molecule has 1 fully saturated rings. The molecule has 0 amide bonds. The van der Waals surface area contributed by atoms with Gasteiger partial charge in [0.05, 0.1) is 0 Å². The molecule has 0 aromatic heterocycles. The van der Waals surface area contributed by atoms with E-state index in [2.05, 4.69) is 4.72 Å². The Hall–Kier alpha value is -0.220. The Morgan fingerprint density at radius 3 is 3.10 bits per heavy atom. The third-order valence-corrected chi connectivity index (χ3v) is 2.46. The summed E-state index contributed by atoms with van der Waals surface area (Å²) in [6.07, 6.45) is 2.92. The molecule has 58 valence electrons. The Kier molecular flexibility index (Phi) is 3.02. The van der Waals surface area contributed by atoms with E-state index in [4.69, 9.17) is 5.11 Å². The monoisotopic (exact) mass is 161 g/mol. The molecular formula is C6H11NO2S. The second-order valence-corrected chi connectivity index (χ2v) is 3.29. The quantitative estimate of drug-likeness (QED) is 0.560. The van der Waals surface area contributed by atoms with Crippen molar-refractivity contribution < 1.29 is 9.90 Å². The van der Waals surface area contributed by atoms with Crippen molar-refractivity contribution in [2.45, 2.75) is 25.3 Å². The van der Waals surface area contributed by atoms with Crippen LogP contribution in [0.1, 0.15) is 19.3 Å². The normalized spacial score (nSPS) is 27.4. The van der Waals surface area contributed by atoms with Crippen LogP contribution in [0, 0.1) is 0 Å². The van der Waals surface area contributed by atoms with E-state index < -0.39 is 5.97 Å². The van der Waals surface area contributed by atoms with Crippen molar-refractivity contribution in [2.24, 2.45) is 0 Å². The Morgan fingerprint density at radius 1 is 1.60 bits per heavy atom. The molecule has 0 saturated carbocycles. The second-order valence-electron chi connectivity index (χ2n) is 2.35. The van der Waals surface area contributed by atoms with Gasteiger partial charge in [0.1, 0.15) is 6.04 Å². The number of hydrogen-bond acceptors (Lipinski definition) is 3. The highest BCUT2D eigenvalue weighted by atomic mass is 32.2. The zero-order chi connectivity index (χ0) is 7.40. The number of carboxylic acids is 1. The molecule has 1 atom stereocenters. The van der Waals surface area contributed by atoms with E-state index in [1.54, 1.807) is 0 Å². The van der Waals surface area contributed by atoms with Crippen molar-refractivity contribution in [3.8, 4) is 0 Å². The molecule has 1 aliphatic rings. The highest BCUT2D eigenvalue weighted by molar-refractivity contribution is 7.97. The van der Waals surface area contributed by atoms with Crippen LogP contribution in [0.15, 0.2) is 0 Å². The lowest BCUT2D eigenvalue weighted by molar-refractivity contribution is -0.139. The van der Waals surface area contributed by atoms with Crippen molar-refractivity contribution in [3.05, 3.63) is 0 Å². The zero-order valence-electron chi connectivity index (χ0n) is 5.67. The first-order valence-corrected chi connectivity index (χ1v) is 4.39. The van der Waals surface area contributed by atoms with Crippen LogP contribution in [0.5, 0.6) is 0 Å². The van der Waals surface area contributed by atoms with Gasteiger partial charge in [-0.3, -0.25) is 9.52 Å². The lowest BCUT2D eigenvalue weighted by atomic mass is 10.1. The van der Waals surface area contributed by atoms with Crippen LogP contribution in [0.2, 0.25) is 0 Å². The molecule has 1 rings (SSSR count). The standard InChI is InChI=1S/C6H11NO2S/c8-6(9)5-3-1-2-4-10-7-5/h5,7H,1-4H2,(H,8,9). The lowest BCUT2D eigenvalue weighted by Crippen LogP contribution is -2.30. The van der Waals surface area contributed by atoms with Gasteiger partial charge in [0.2, 0.25) is 0 Å². The summed E-state index contributed by atoms with van der Waals surface area (Å²) in [5, 5.41) is 8.59. The van der Waals surface area contributed by atoms with Crippen LogP contribution in [0.3, 0.4) is 0 Å². The summed E-state index contributed by atoms with van der Waals surface area (Å²) in [5.41, 5.74) is 0. The van der Waals surface area contributed by atoms with Crippen LogP contribution in [-0.2, 0) is 4.79 Å². The van der Waals surface area contributed by atoms with Crippen molar-refractivity contribution in [3.63, 3.8) is 0 Å². The minimum absolute atomic E-state index is 0.326. The average molecular weight is 161 g/mol. The third kappa shape index (κ3) is 2.19. The highest BCUT2D eigenvalue weighted by Crippen LogP contribution is 2.12. The molecule has 0 aromatic rings. The highest BCUT2D eigenvalue weighted by Gasteiger charge is 2.17. The molecule has 0 bridgehead atoms. The van der Waals surface area contributed by atoms with Gasteiger partial charge in [-0.2, -0.15) is 0 Å². The summed E-state index contributed by atoms with van der Waals surface area (Å²) in [7, 11) is 0. The van der Waals surface area contributed by atoms with Gasteiger partial charge in [0.15, 0.2) is 0 Å². The Labute approximate surface area is 64.3 Å². The minimum atomic E-state index is -0.727. The SMILES string of the molecule is O=C(O)C1CCCCSN1. The molecule has 1 heterocycles. The summed E-state index contributed by atoms with van der Waals surface area (Å²) >= 11 is 1.52. The van der Waals surface area contributed by atoms with Gasteiger partial charge in [-0.15, -0.1) is 0 Å². The topological polar surface area (TPSA) is 49.3 Å². The molecule has 3 nitrogen and oxygen atoms in total. The fourth-order valence-corrected chi connectivity index (χ4v) is 1.80. The maximum atomic E-state index is 10.4. The van der Waals surface area contributed by atoms with Crippen LogP contribution in [0.4, 0.5) is 0 Å². The first kappa shape index (κ1) is 7.88. The number of nitrogens with one attached hydrogen (secondary N) is 1. The molecule has 10 heavy (non-hydrogen) atoms. The predicted octanol–water partition coefficient (Wildman–Crippen LogP) is 0.861. The minimum Gasteiger partial charge on any atom is -0.480 e. The molecule has 0 aliphatic carbocycles. The lowest BCUT2D eigenvalue weighted by Gasteiger charge is -2.07. The first-order valence-electron chi connectivity index (χ1n) is 3.41. The van der Waals surface area contributed by atoms with Gasteiger partial charge >= 0.3 is 5.97 Å². The van der Waals surface area contributed by atoms with E-state index in [1.807, 2.05) is 0 Å². The van der Waals surface area contributed by atoms with Gasteiger partial charge in [0, 0.05) is 5.75 Å². The Morgan fingerprint density at radius 2 is 2.40 bits per heavy atom. The zero-order valence-corrected chi connectivity index (χ0v) is 6.49. The van der Waals surface area contributed by atoms with Gasteiger partial charge in [0.25, 0.3) is 0 Å². The molecule has 1 saturated heterocycles. The molecule has 2 N–H and O–H groups in total. The maximum Gasteiger partial charge on any atom is 0.321 e. The number of carboxylic acid groups (broad SMARTS) is 1. The Balaban J connectivity index is 2.35. The molecular weight excluding hydrogens is 150 g/mol. The number of hydrogen-bond donors (Lipinski definition) is 2. The van der Waals surface area contributed by atoms with Crippen molar-refractivity contribution in [1.82, 2.24) is 4.72 Å². The molecule has 0 radical (unpaired) electrons. The fraction of sp³-hybridized carbons (Fsp3) is 0.833. The summed E-state index contributed by atoms with van der Waals surface area (Å²) in [5.74, 6) is 0.304. The maximum absolute atomic E-state index is 10.4. The largest absolute Gasteiger partial charge is 0.480 e. The van der Waals surface area contributed by atoms with Crippen LogP contribution in [0.25, 0.3) is 0 Å². The predicted molar refractivity (Wildman–Crippen MR) is 40.9 cm³/mol. The van der Waals surface area contributed by atoms with Gasteiger partial charge in [-0.05, 0) is 12.8 Å². The van der Waals surface area contributed by atoms with Gasteiger partial charge < -0.3 is 5.11 Å². The molecule has 4 heteroatoms. The first-order chi connectivity index (χ1) is 4.80. The summed E-state index contributed by atoms with van der Waals surface area (Å²) in [6, 6.07) is -0.326. The summed E-state index contributed by atoms with van der Waals surface area (Å²) in [4.78, 5) is 10.4.